The van der Waals surface area contributed by atoms with E-state index in [9.17, 15) is 17.6 Å². The lowest BCUT2D eigenvalue weighted by atomic mass is 9.69. The summed E-state index contributed by atoms with van der Waals surface area (Å²) in [5.41, 5.74) is 0. The molecular weight excluding hydrogens is 396 g/mol. The van der Waals surface area contributed by atoms with E-state index in [2.05, 4.69) is 6.92 Å². The molecule has 174 valence electrons. The van der Waals surface area contributed by atoms with E-state index in [1.54, 1.807) is 0 Å². The summed E-state index contributed by atoms with van der Waals surface area (Å²) in [6.45, 7) is 3.85. The van der Waals surface area contributed by atoms with Gasteiger partial charge in [0.2, 0.25) is 0 Å². The van der Waals surface area contributed by atoms with E-state index in [4.69, 9.17) is 9.47 Å². The zero-order valence-electron chi connectivity index (χ0n) is 18.3. The molecule has 3 fully saturated rings. The highest BCUT2D eigenvalue weighted by Crippen LogP contribution is 2.44. The van der Waals surface area contributed by atoms with Gasteiger partial charge < -0.3 is 9.47 Å². The molecule has 0 aromatic rings. The Balaban J connectivity index is 1.35. The van der Waals surface area contributed by atoms with Crippen molar-refractivity contribution in [3.8, 4) is 0 Å². The first kappa shape index (κ1) is 24.0. The van der Waals surface area contributed by atoms with Crippen LogP contribution in [0.4, 0.5) is 17.6 Å². The lowest BCUT2D eigenvalue weighted by molar-refractivity contribution is -0.230. The predicted octanol–water partition coefficient (Wildman–Crippen LogP) is 7.58. The Morgan fingerprint density at radius 2 is 1.37 bits per heavy atom. The van der Waals surface area contributed by atoms with E-state index in [1.165, 1.54) is 25.7 Å². The third-order valence-electron chi connectivity index (χ3n) is 7.54. The average molecular weight is 435 g/mol. The van der Waals surface area contributed by atoms with Crippen molar-refractivity contribution < 1.29 is 27.0 Å². The van der Waals surface area contributed by atoms with Crippen LogP contribution in [0, 0.1) is 29.6 Å². The molecular formula is C24H38F4O2. The minimum absolute atomic E-state index is 0.0642. The molecule has 0 bridgehead atoms. The van der Waals surface area contributed by atoms with Crippen molar-refractivity contribution in [2.24, 2.45) is 29.6 Å². The summed E-state index contributed by atoms with van der Waals surface area (Å²) in [6.07, 6.45) is 7.39. The zero-order chi connectivity index (χ0) is 21.6. The van der Waals surface area contributed by atoms with Gasteiger partial charge in [-0.25, -0.2) is 4.39 Å². The van der Waals surface area contributed by atoms with Crippen LogP contribution in [-0.2, 0) is 9.47 Å². The van der Waals surface area contributed by atoms with Crippen LogP contribution in [0.15, 0.2) is 11.9 Å². The largest absolute Gasteiger partial charge is 0.412 e. The lowest BCUT2D eigenvalue weighted by Gasteiger charge is -2.41. The molecule has 2 nitrogen and oxygen atoms in total. The lowest BCUT2D eigenvalue weighted by Crippen LogP contribution is -2.39. The van der Waals surface area contributed by atoms with Gasteiger partial charge in [0.25, 0.3) is 0 Å². The van der Waals surface area contributed by atoms with Gasteiger partial charge in [0.1, 0.15) is 5.83 Å². The molecule has 0 unspecified atom stereocenters. The summed E-state index contributed by atoms with van der Waals surface area (Å²) in [4.78, 5) is 0. The number of ether oxygens (including phenoxy) is 2. The second-order valence-electron chi connectivity index (χ2n) is 9.75. The first-order chi connectivity index (χ1) is 14.4. The van der Waals surface area contributed by atoms with Crippen LogP contribution in [-0.4, -0.2) is 25.7 Å². The normalized spacial score (nSPS) is 36.6. The number of halogens is 4. The number of alkyl halides is 3. The number of hydrogen-bond acceptors (Lipinski definition) is 2. The predicted molar refractivity (Wildman–Crippen MR) is 109 cm³/mol. The molecule has 0 aromatic heterocycles. The molecule has 30 heavy (non-hydrogen) atoms. The van der Waals surface area contributed by atoms with Gasteiger partial charge >= 0.3 is 6.18 Å². The summed E-state index contributed by atoms with van der Waals surface area (Å²) < 4.78 is 63.1. The van der Waals surface area contributed by atoms with Gasteiger partial charge in [0.05, 0.1) is 19.3 Å². The van der Waals surface area contributed by atoms with Crippen LogP contribution in [0.5, 0.6) is 0 Å². The van der Waals surface area contributed by atoms with Crippen LogP contribution < -0.4 is 0 Å². The molecule has 3 rings (SSSR count). The van der Waals surface area contributed by atoms with Crippen molar-refractivity contribution in [1.82, 2.24) is 0 Å². The van der Waals surface area contributed by atoms with E-state index in [1.807, 2.05) is 0 Å². The first-order valence-corrected chi connectivity index (χ1v) is 12.0. The zero-order valence-corrected chi connectivity index (χ0v) is 18.3. The maximum atomic E-state index is 13.8. The molecule has 0 radical (unpaired) electrons. The van der Waals surface area contributed by atoms with Crippen molar-refractivity contribution in [1.29, 1.82) is 0 Å². The fraction of sp³-hybridized carbons (Fsp3) is 0.917. The first-order valence-electron chi connectivity index (χ1n) is 12.0. The third kappa shape index (κ3) is 7.22. The van der Waals surface area contributed by atoms with Crippen molar-refractivity contribution in [2.45, 2.75) is 96.4 Å². The minimum Gasteiger partial charge on any atom is -0.352 e. The Morgan fingerprint density at radius 3 is 1.90 bits per heavy atom. The van der Waals surface area contributed by atoms with Crippen LogP contribution in [0.2, 0.25) is 0 Å². The monoisotopic (exact) mass is 434 g/mol. The van der Waals surface area contributed by atoms with Gasteiger partial charge in [-0.1, -0.05) is 26.2 Å². The quantitative estimate of drug-likeness (QED) is 0.304. The number of unbranched alkanes of at least 4 members (excludes halogenated alkanes) is 2. The summed E-state index contributed by atoms with van der Waals surface area (Å²) in [6, 6.07) is 0. The van der Waals surface area contributed by atoms with Gasteiger partial charge in [-0.3, -0.25) is 0 Å². The second kappa shape index (κ2) is 11.3. The molecule has 0 amide bonds. The van der Waals surface area contributed by atoms with Crippen molar-refractivity contribution in [3.05, 3.63) is 11.9 Å². The maximum Gasteiger partial charge on any atom is 0.412 e. The minimum atomic E-state index is -4.56. The van der Waals surface area contributed by atoms with Gasteiger partial charge in [-0.05, 0) is 69.6 Å². The Morgan fingerprint density at radius 1 is 0.833 bits per heavy atom. The van der Waals surface area contributed by atoms with Gasteiger partial charge in [-0.2, -0.15) is 13.2 Å². The van der Waals surface area contributed by atoms with Crippen LogP contribution in [0.25, 0.3) is 0 Å². The molecule has 2 saturated carbocycles. The van der Waals surface area contributed by atoms with Crippen LogP contribution in [0.3, 0.4) is 0 Å². The second-order valence-corrected chi connectivity index (χ2v) is 9.75. The van der Waals surface area contributed by atoms with E-state index in [0.717, 1.165) is 51.7 Å². The molecule has 2 aliphatic carbocycles. The molecule has 1 heterocycles. The molecule has 0 aromatic carbocycles. The van der Waals surface area contributed by atoms with Crippen LogP contribution >= 0.6 is 0 Å². The van der Waals surface area contributed by atoms with Gasteiger partial charge in [0.15, 0.2) is 6.29 Å². The number of allylic oxidation sites excluding steroid dienone is 2. The van der Waals surface area contributed by atoms with Gasteiger partial charge in [0, 0.05) is 17.8 Å². The smallest absolute Gasteiger partial charge is 0.352 e. The SMILES string of the molecule is CCCCCC1COC(C2CCC(C3CCC(/C(F)=C/C(F)(F)F)CC3)CC2)OC1. The number of hydrogen-bond donors (Lipinski definition) is 0. The molecule has 0 atom stereocenters. The fourth-order valence-corrected chi connectivity index (χ4v) is 5.71. The topological polar surface area (TPSA) is 18.5 Å². The summed E-state index contributed by atoms with van der Waals surface area (Å²) in [5, 5.41) is 0. The maximum absolute atomic E-state index is 13.8. The third-order valence-corrected chi connectivity index (χ3v) is 7.54. The molecule has 0 N–H and O–H groups in total. The molecule has 6 heteroatoms. The molecule has 0 spiro atoms. The van der Waals surface area contributed by atoms with E-state index >= 15 is 0 Å². The van der Waals surface area contributed by atoms with Gasteiger partial charge in [-0.15, -0.1) is 0 Å². The standard InChI is InChI=1S/C24H38F4O2/c1-2-3-4-5-17-15-29-23(30-16-17)21-12-8-19(9-13-21)18-6-10-20(11-7-18)22(25)14-24(26,27)28/h14,17-21,23H,2-13,15-16H2,1H3/b22-14-. The highest BCUT2D eigenvalue weighted by Gasteiger charge is 2.37. The summed E-state index contributed by atoms with van der Waals surface area (Å²) >= 11 is 0. The average Bonchev–Trinajstić information content (AvgIpc) is 2.73. The summed E-state index contributed by atoms with van der Waals surface area (Å²) in [7, 11) is 0. The number of rotatable bonds is 7. The highest BCUT2D eigenvalue weighted by molar-refractivity contribution is 5.03. The van der Waals surface area contributed by atoms with E-state index in [-0.39, 0.29) is 12.4 Å². The van der Waals surface area contributed by atoms with Crippen molar-refractivity contribution in [3.63, 3.8) is 0 Å². The van der Waals surface area contributed by atoms with Crippen LogP contribution in [0.1, 0.15) is 84.0 Å². The Labute approximate surface area is 178 Å². The Hall–Kier alpha value is -0.620. The fourth-order valence-electron chi connectivity index (χ4n) is 5.71. The Bertz CT molecular complexity index is 524. The van der Waals surface area contributed by atoms with Crippen molar-refractivity contribution in [2.75, 3.05) is 13.2 Å². The molecule has 1 aliphatic heterocycles. The highest BCUT2D eigenvalue weighted by atomic mass is 19.4. The van der Waals surface area contributed by atoms with E-state index < -0.39 is 17.9 Å². The van der Waals surface area contributed by atoms with E-state index in [0.29, 0.717) is 36.5 Å². The Kier molecular flexibility index (Phi) is 9.06. The van der Waals surface area contributed by atoms with Crippen molar-refractivity contribution >= 4 is 0 Å². The molecule has 1 saturated heterocycles. The summed E-state index contributed by atoms with van der Waals surface area (Å²) in [5.74, 6) is 0.601. The molecule has 3 aliphatic rings.